The van der Waals surface area contributed by atoms with Crippen molar-refractivity contribution >= 4 is 5.97 Å². The van der Waals surface area contributed by atoms with Crippen molar-refractivity contribution in [3.63, 3.8) is 0 Å². The number of esters is 1. The maximum absolute atomic E-state index is 12.1. The molecule has 2 aliphatic rings. The molecule has 0 unspecified atom stereocenters. The topological polar surface area (TPSA) is 26.3 Å². The van der Waals surface area contributed by atoms with Gasteiger partial charge in [0, 0.05) is 0 Å². The van der Waals surface area contributed by atoms with Crippen molar-refractivity contribution in [2.75, 3.05) is 7.11 Å². The lowest BCUT2D eigenvalue weighted by Gasteiger charge is -2.36. The van der Waals surface area contributed by atoms with E-state index in [1.54, 1.807) is 0 Å². The number of unbranched alkanes of at least 4 members (excludes halogenated alkanes) is 1. The first-order valence-corrected chi connectivity index (χ1v) is 6.99. The number of fused-ring (bicyclic) bond motifs is 1. The second-order valence-electron chi connectivity index (χ2n) is 5.62. The summed E-state index contributed by atoms with van der Waals surface area (Å²) in [6.07, 6.45) is 11.5. The van der Waals surface area contributed by atoms with Crippen LogP contribution in [-0.2, 0) is 9.53 Å². The number of hydrogen-bond acceptors (Lipinski definition) is 2. The summed E-state index contributed by atoms with van der Waals surface area (Å²) in [7, 11) is 1.54. The van der Waals surface area contributed by atoms with Crippen LogP contribution >= 0.6 is 0 Å². The Labute approximate surface area is 104 Å². The predicted molar refractivity (Wildman–Crippen MR) is 68.6 cm³/mol. The number of carbonyl (C=O) groups excluding carboxylic acids is 1. The molecule has 0 saturated heterocycles. The first kappa shape index (κ1) is 12.7. The zero-order valence-electron chi connectivity index (χ0n) is 11.1. The van der Waals surface area contributed by atoms with Crippen molar-refractivity contribution in [1.82, 2.24) is 0 Å². The van der Waals surface area contributed by atoms with Gasteiger partial charge < -0.3 is 4.74 Å². The summed E-state index contributed by atoms with van der Waals surface area (Å²) in [5.41, 5.74) is 1.34. The van der Waals surface area contributed by atoms with Gasteiger partial charge in [0.25, 0.3) is 0 Å². The van der Waals surface area contributed by atoms with E-state index < -0.39 is 0 Å². The van der Waals surface area contributed by atoms with E-state index in [0.29, 0.717) is 5.92 Å². The first-order chi connectivity index (χ1) is 8.23. The Kier molecular flexibility index (Phi) is 3.90. The van der Waals surface area contributed by atoms with E-state index >= 15 is 0 Å². The fraction of sp³-hybridized carbons (Fsp3) is 0.800. The molecule has 0 aromatic heterocycles. The number of hydrogen-bond donors (Lipinski definition) is 0. The SMILES string of the molecule is CCC/C=C1\C[C@H]2CCCC[C@]2(C(=O)OC)C1. The Balaban J connectivity index is 2.18. The Morgan fingerprint density at radius 1 is 1.53 bits per heavy atom. The van der Waals surface area contributed by atoms with Crippen LogP contribution in [-0.4, -0.2) is 13.1 Å². The summed E-state index contributed by atoms with van der Waals surface area (Å²) in [4.78, 5) is 12.1. The van der Waals surface area contributed by atoms with Crippen molar-refractivity contribution in [2.24, 2.45) is 11.3 Å². The van der Waals surface area contributed by atoms with Crippen molar-refractivity contribution in [3.05, 3.63) is 11.6 Å². The van der Waals surface area contributed by atoms with Crippen LogP contribution in [0, 0.1) is 11.3 Å². The Morgan fingerprint density at radius 2 is 2.35 bits per heavy atom. The van der Waals surface area contributed by atoms with E-state index in [-0.39, 0.29) is 11.4 Å². The summed E-state index contributed by atoms with van der Waals surface area (Å²) in [5, 5.41) is 0. The molecule has 0 amide bonds. The summed E-state index contributed by atoms with van der Waals surface area (Å²) in [5.74, 6) is 0.592. The lowest BCUT2D eigenvalue weighted by Crippen LogP contribution is -2.38. The molecule has 2 fully saturated rings. The quantitative estimate of drug-likeness (QED) is 0.549. The standard InChI is InChI=1S/C15H24O2/c1-3-4-7-12-10-13-8-5-6-9-15(13,11-12)14(16)17-2/h7,13H,3-6,8-11H2,1-2H3/b12-7+/t13-,15+/m1/s1. The van der Waals surface area contributed by atoms with Gasteiger partial charge >= 0.3 is 5.97 Å². The average Bonchev–Trinajstić information content (AvgIpc) is 2.74. The molecule has 0 bridgehead atoms. The molecule has 2 nitrogen and oxygen atoms in total. The van der Waals surface area contributed by atoms with Crippen molar-refractivity contribution in [3.8, 4) is 0 Å². The highest BCUT2D eigenvalue weighted by molar-refractivity contribution is 5.78. The lowest BCUT2D eigenvalue weighted by molar-refractivity contribution is -0.157. The van der Waals surface area contributed by atoms with Crippen LogP contribution in [0.15, 0.2) is 11.6 Å². The van der Waals surface area contributed by atoms with E-state index in [0.717, 1.165) is 25.7 Å². The molecule has 0 radical (unpaired) electrons. The molecule has 17 heavy (non-hydrogen) atoms. The largest absolute Gasteiger partial charge is 0.469 e. The molecule has 2 atom stereocenters. The normalized spacial score (nSPS) is 34.7. The second-order valence-corrected chi connectivity index (χ2v) is 5.62. The highest BCUT2D eigenvalue weighted by Gasteiger charge is 2.52. The van der Waals surface area contributed by atoms with Gasteiger partial charge in [-0.25, -0.2) is 0 Å². The van der Waals surface area contributed by atoms with Crippen molar-refractivity contribution < 1.29 is 9.53 Å². The second kappa shape index (κ2) is 5.24. The highest BCUT2D eigenvalue weighted by Crippen LogP contribution is 2.55. The third-order valence-electron chi connectivity index (χ3n) is 4.57. The number of allylic oxidation sites excluding steroid dienone is 2. The van der Waals surface area contributed by atoms with Crippen LogP contribution in [0.2, 0.25) is 0 Å². The van der Waals surface area contributed by atoms with E-state index in [1.165, 1.54) is 38.4 Å². The maximum atomic E-state index is 12.1. The zero-order valence-corrected chi connectivity index (χ0v) is 11.1. The molecular formula is C15H24O2. The van der Waals surface area contributed by atoms with Gasteiger partial charge in [0.2, 0.25) is 0 Å². The van der Waals surface area contributed by atoms with E-state index in [9.17, 15) is 4.79 Å². The number of methoxy groups -OCH3 is 1. The third-order valence-corrected chi connectivity index (χ3v) is 4.57. The number of ether oxygens (including phenoxy) is 1. The molecule has 0 heterocycles. The highest BCUT2D eigenvalue weighted by atomic mass is 16.5. The summed E-state index contributed by atoms with van der Waals surface area (Å²) in [6, 6.07) is 0. The summed E-state index contributed by atoms with van der Waals surface area (Å²) >= 11 is 0. The molecule has 2 rings (SSSR count). The smallest absolute Gasteiger partial charge is 0.312 e. The molecule has 0 spiro atoms. The van der Waals surface area contributed by atoms with Gasteiger partial charge in [-0.05, 0) is 38.0 Å². The molecule has 0 aromatic rings. The van der Waals surface area contributed by atoms with Gasteiger partial charge in [0.05, 0.1) is 12.5 Å². The molecule has 0 aliphatic heterocycles. The zero-order chi connectivity index (χ0) is 12.3. The van der Waals surface area contributed by atoms with Crippen LogP contribution in [0.1, 0.15) is 58.3 Å². The van der Waals surface area contributed by atoms with Crippen LogP contribution < -0.4 is 0 Å². The van der Waals surface area contributed by atoms with Crippen LogP contribution in [0.4, 0.5) is 0 Å². The minimum atomic E-state index is -0.160. The minimum absolute atomic E-state index is 0.0436. The predicted octanol–water partition coefficient (Wildman–Crippen LogP) is 3.86. The monoisotopic (exact) mass is 236 g/mol. The van der Waals surface area contributed by atoms with Crippen molar-refractivity contribution in [2.45, 2.75) is 58.3 Å². The summed E-state index contributed by atoms with van der Waals surface area (Å²) in [6.45, 7) is 2.20. The van der Waals surface area contributed by atoms with E-state index in [2.05, 4.69) is 13.0 Å². The molecule has 2 heteroatoms. The van der Waals surface area contributed by atoms with Gasteiger partial charge in [0.1, 0.15) is 0 Å². The Bertz CT molecular complexity index is 319. The van der Waals surface area contributed by atoms with Crippen LogP contribution in [0.3, 0.4) is 0 Å². The lowest BCUT2D eigenvalue weighted by atomic mass is 9.68. The average molecular weight is 236 g/mol. The van der Waals surface area contributed by atoms with E-state index in [1.807, 2.05) is 0 Å². The molecule has 96 valence electrons. The van der Waals surface area contributed by atoms with Gasteiger partial charge in [-0.2, -0.15) is 0 Å². The molecule has 0 N–H and O–H groups in total. The molecule has 2 saturated carbocycles. The van der Waals surface area contributed by atoms with E-state index in [4.69, 9.17) is 4.74 Å². The Morgan fingerprint density at radius 3 is 3.06 bits per heavy atom. The van der Waals surface area contributed by atoms with Gasteiger partial charge in [-0.15, -0.1) is 0 Å². The fourth-order valence-electron chi connectivity index (χ4n) is 3.68. The Hall–Kier alpha value is -0.790. The minimum Gasteiger partial charge on any atom is -0.469 e. The molecular weight excluding hydrogens is 212 g/mol. The summed E-state index contributed by atoms with van der Waals surface area (Å²) < 4.78 is 5.08. The van der Waals surface area contributed by atoms with Crippen LogP contribution in [0.5, 0.6) is 0 Å². The molecule has 0 aromatic carbocycles. The number of rotatable bonds is 3. The fourth-order valence-corrected chi connectivity index (χ4v) is 3.68. The molecule has 2 aliphatic carbocycles. The number of carbonyl (C=O) groups is 1. The maximum Gasteiger partial charge on any atom is 0.312 e. The first-order valence-electron chi connectivity index (χ1n) is 6.99. The third kappa shape index (κ3) is 2.27. The van der Waals surface area contributed by atoms with Gasteiger partial charge in [0.15, 0.2) is 0 Å². The van der Waals surface area contributed by atoms with Crippen LogP contribution in [0.25, 0.3) is 0 Å². The van der Waals surface area contributed by atoms with Gasteiger partial charge in [-0.3, -0.25) is 4.79 Å². The van der Waals surface area contributed by atoms with Gasteiger partial charge in [-0.1, -0.05) is 37.8 Å². The van der Waals surface area contributed by atoms with Crippen molar-refractivity contribution in [1.29, 1.82) is 0 Å².